The van der Waals surface area contributed by atoms with Crippen LogP contribution in [-0.4, -0.2) is 22.6 Å². The second-order valence-electron chi connectivity index (χ2n) is 5.44. The van der Waals surface area contributed by atoms with E-state index >= 15 is 0 Å². The average molecular weight is 352 g/mol. The zero-order chi connectivity index (χ0) is 15.6. The fourth-order valence-corrected chi connectivity index (χ4v) is 2.70. The number of fused-ring (bicyclic) bond motifs is 1. The van der Waals surface area contributed by atoms with Gasteiger partial charge in [0.25, 0.3) is 0 Å². The molecule has 0 fully saturated rings. The molecule has 0 unspecified atom stereocenters. The summed E-state index contributed by atoms with van der Waals surface area (Å²) in [5, 5.41) is 21.9. The number of ether oxygens (including phenoxy) is 1. The van der Waals surface area contributed by atoms with Crippen LogP contribution in [0, 0.1) is 11.5 Å². The third-order valence-electron chi connectivity index (χ3n) is 3.50. The number of halogens is 1. The SMILES string of the molecule is CCC(=N[C@@H]1c2cc(Br)ccc2OC(C)(C)[C@H]1O)NC#N. The molecule has 0 spiro atoms. The van der Waals surface area contributed by atoms with E-state index in [0.29, 0.717) is 18.0 Å². The van der Waals surface area contributed by atoms with Crippen LogP contribution in [-0.2, 0) is 0 Å². The number of aliphatic imine (C=N–C) groups is 1. The van der Waals surface area contributed by atoms with Crippen molar-refractivity contribution in [2.75, 3.05) is 0 Å². The van der Waals surface area contributed by atoms with Crippen LogP contribution in [0.2, 0.25) is 0 Å². The Kier molecular flexibility index (Phi) is 4.55. The fraction of sp³-hybridized carbons (Fsp3) is 0.467. The predicted octanol–water partition coefficient (Wildman–Crippen LogP) is 2.90. The van der Waals surface area contributed by atoms with E-state index in [9.17, 15) is 5.11 Å². The molecule has 0 bridgehead atoms. The number of aliphatic hydroxyl groups excluding tert-OH is 1. The molecule has 2 N–H and O–H groups in total. The van der Waals surface area contributed by atoms with Crippen LogP contribution >= 0.6 is 15.9 Å². The monoisotopic (exact) mass is 351 g/mol. The Labute approximate surface area is 132 Å². The average Bonchev–Trinajstić information content (AvgIpc) is 2.43. The second-order valence-corrected chi connectivity index (χ2v) is 6.36. The maximum atomic E-state index is 10.6. The van der Waals surface area contributed by atoms with Gasteiger partial charge in [-0.15, -0.1) is 0 Å². The molecule has 21 heavy (non-hydrogen) atoms. The van der Waals surface area contributed by atoms with Crippen molar-refractivity contribution >= 4 is 21.8 Å². The van der Waals surface area contributed by atoms with Gasteiger partial charge in [0.05, 0.1) is 0 Å². The lowest BCUT2D eigenvalue weighted by Gasteiger charge is -2.40. The van der Waals surface area contributed by atoms with Crippen LogP contribution in [0.15, 0.2) is 27.7 Å². The molecule has 0 saturated carbocycles. The fourth-order valence-electron chi connectivity index (χ4n) is 2.32. The molecule has 2 atom stereocenters. The minimum atomic E-state index is -0.804. The van der Waals surface area contributed by atoms with E-state index in [1.165, 1.54) is 0 Å². The van der Waals surface area contributed by atoms with Crippen LogP contribution in [0.5, 0.6) is 5.75 Å². The first-order valence-corrected chi connectivity index (χ1v) is 7.56. The molecule has 5 nitrogen and oxygen atoms in total. The van der Waals surface area contributed by atoms with Gasteiger partial charge < -0.3 is 9.84 Å². The van der Waals surface area contributed by atoms with Crippen LogP contribution in [0.3, 0.4) is 0 Å². The third kappa shape index (κ3) is 3.20. The maximum Gasteiger partial charge on any atom is 0.182 e. The van der Waals surface area contributed by atoms with Gasteiger partial charge in [-0.25, -0.2) is 0 Å². The van der Waals surface area contributed by atoms with Gasteiger partial charge in [-0.2, -0.15) is 5.26 Å². The maximum absolute atomic E-state index is 10.6. The summed E-state index contributed by atoms with van der Waals surface area (Å²) in [6.07, 6.45) is 1.66. The standard InChI is InChI=1S/C15H18BrN3O2/c1-4-12(18-8-17)19-13-10-7-9(16)5-6-11(10)21-15(2,3)14(13)20/h5-7,13-14,20H,4H2,1-3H3,(H,18,19)/t13-,14+/m1/s1. The molecule has 0 amide bonds. The van der Waals surface area contributed by atoms with Gasteiger partial charge in [-0.3, -0.25) is 10.3 Å². The minimum Gasteiger partial charge on any atom is -0.485 e. The molecule has 1 aromatic carbocycles. The largest absolute Gasteiger partial charge is 0.485 e. The first-order chi connectivity index (χ1) is 9.89. The number of amidine groups is 1. The molecule has 0 aliphatic carbocycles. The van der Waals surface area contributed by atoms with E-state index in [0.717, 1.165) is 10.0 Å². The summed E-state index contributed by atoms with van der Waals surface area (Å²) in [4.78, 5) is 4.54. The van der Waals surface area contributed by atoms with Crippen molar-refractivity contribution in [1.29, 1.82) is 5.26 Å². The topological polar surface area (TPSA) is 77.6 Å². The van der Waals surface area contributed by atoms with Gasteiger partial charge in [-0.05, 0) is 32.0 Å². The number of rotatable bonds is 2. The van der Waals surface area contributed by atoms with Crippen molar-refractivity contribution in [3.05, 3.63) is 28.2 Å². The van der Waals surface area contributed by atoms with Crippen molar-refractivity contribution in [2.24, 2.45) is 4.99 Å². The molecular weight excluding hydrogens is 334 g/mol. The summed E-state index contributed by atoms with van der Waals surface area (Å²) in [5.41, 5.74) is 0.0578. The molecule has 0 radical (unpaired) electrons. The Morgan fingerprint density at radius 3 is 2.90 bits per heavy atom. The summed E-state index contributed by atoms with van der Waals surface area (Å²) < 4.78 is 6.76. The number of nitrogens with zero attached hydrogens (tertiary/aromatic N) is 2. The van der Waals surface area contributed by atoms with Crippen LogP contribution in [0.25, 0.3) is 0 Å². The summed E-state index contributed by atoms with van der Waals surface area (Å²) in [6, 6.07) is 5.17. The molecule has 0 saturated heterocycles. The summed E-state index contributed by atoms with van der Waals surface area (Å²) >= 11 is 3.43. The van der Waals surface area contributed by atoms with Crippen molar-refractivity contribution in [2.45, 2.75) is 44.9 Å². The molecule has 2 rings (SSSR count). The van der Waals surface area contributed by atoms with Crippen LogP contribution < -0.4 is 10.1 Å². The molecule has 6 heteroatoms. The number of hydrogen-bond donors (Lipinski definition) is 2. The Balaban J connectivity index is 2.52. The van der Waals surface area contributed by atoms with Gasteiger partial charge in [0.15, 0.2) is 6.19 Å². The lowest BCUT2D eigenvalue weighted by molar-refractivity contribution is -0.0567. The third-order valence-corrected chi connectivity index (χ3v) is 4.00. The molecule has 1 aromatic rings. The highest BCUT2D eigenvalue weighted by Gasteiger charge is 2.43. The van der Waals surface area contributed by atoms with E-state index in [2.05, 4.69) is 26.2 Å². The predicted molar refractivity (Wildman–Crippen MR) is 84.1 cm³/mol. The Bertz CT molecular complexity index is 607. The van der Waals surface area contributed by atoms with Crippen molar-refractivity contribution in [3.8, 4) is 11.9 Å². The van der Waals surface area contributed by atoms with E-state index in [1.807, 2.05) is 45.2 Å². The van der Waals surface area contributed by atoms with Gasteiger partial charge >= 0.3 is 0 Å². The Morgan fingerprint density at radius 1 is 1.57 bits per heavy atom. The van der Waals surface area contributed by atoms with Crippen molar-refractivity contribution < 1.29 is 9.84 Å². The normalized spacial score (nSPS) is 23.7. The number of nitriles is 1. The second kappa shape index (κ2) is 6.04. The first-order valence-electron chi connectivity index (χ1n) is 6.77. The van der Waals surface area contributed by atoms with Crippen LogP contribution in [0.1, 0.15) is 38.8 Å². The lowest BCUT2D eigenvalue weighted by atomic mass is 9.87. The molecule has 1 aliphatic heterocycles. The number of hydrogen-bond acceptors (Lipinski definition) is 4. The van der Waals surface area contributed by atoms with Crippen LogP contribution in [0.4, 0.5) is 0 Å². The van der Waals surface area contributed by atoms with Gasteiger partial charge in [0.1, 0.15) is 29.3 Å². The van der Waals surface area contributed by atoms with Gasteiger partial charge in [0, 0.05) is 16.5 Å². The zero-order valence-corrected chi connectivity index (χ0v) is 13.8. The van der Waals surface area contributed by atoms with Crippen molar-refractivity contribution in [1.82, 2.24) is 5.32 Å². The van der Waals surface area contributed by atoms with E-state index in [4.69, 9.17) is 10.00 Å². The quantitative estimate of drug-likeness (QED) is 0.371. The van der Waals surface area contributed by atoms with Gasteiger partial charge in [0.2, 0.25) is 0 Å². The van der Waals surface area contributed by atoms with Gasteiger partial charge in [-0.1, -0.05) is 22.9 Å². The van der Waals surface area contributed by atoms with E-state index < -0.39 is 17.7 Å². The highest BCUT2D eigenvalue weighted by Crippen LogP contribution is 2.42. The first kappa shape index (κ1) is 15.8. The number of benzene rings is 1. The van der Waals surface area contributed by atoms with Crippen molar-refractivity contribution in [3.63, 3.8) is 0 Å². The Morgan fingerprint density at radius 2 is 2.29 bits per heavy atom. The smallest absolute Gasteiger partial charge is 0.182 e. The number of nitrogens with one attached hydrogen (secondary N) is 1. The summed E-state index contributed by atoms with van der Waals surface area (Å²) in [5.74, 6) is 1.25. The lowest BCUT2D eigenvalue weighted by Crippen LogP contribution is -2.48. The molecular formula is C15H18BrN3O2. The summed E-state index contributed by atoms with van der Waals surface area (Å²) in [7, 11) is 0. The van der Waals surface area contributed by atoms with E-state index in [-0.39, 0.29) is 0 Å². The number of aliphatic hydroxyl groups is 1. The summed E-state index contributed by atoms with van der Waals surface area (Å²) in [6.45, 7) is 5.56. The molecule has 112 valence electrons. The van der Waals surface area contributed by atoms with E-state index in [1.54, 1.807) is 0 Å². The molecule has 0 aromatic heterocycles. The highest BCUT2D eigenvalue weighted by molar-refractivity contribution is 9.10. The highest BCUT2D eigenvalue weighted by atomic mass is 79.9. The zero-order valence-electron chi connectivity index (χ0n) is 12.2. The Hall–Kier alpha value is -1.58. The molecule has 1 aliphatic rings. The minimum absolute atomic E-state index is 0.475. The molecule has 1 heterocycles.